The minimum atomic E-state index is 0.245. The molecule has 0 aromatic rings. The number of likely N-dealkylation sites (tertiary alicyclic amines) is 1. The van der Waals surface area contributed by atoms with Crippen molar-refractivity contribution in [2.75, 3.05) is 6.61 Å². The summed E-state index contributed by atoms with van der Waals surface area (Å²) in [4.78, 5) is 14.8. The smallest absolute Gasteiger partial charge is 0.249 e. The van der Waals surface area contributed by atoms with Crippen LogP contribution in [-0.4, -0.2) is 35.6 Å². The van der Waals surface area contributed by atoms with Gasteiger partial charge in [-0.25, -0.2) is 0 Å². The average Bonchev–Trinajstić information content (AvgIpc) is 2.82. The van der Waals surface area contributed by atoms with E-state index in [1.165, 1.54) is 51.4 Å². The van der Waals surface area contributed by atoms with Gasteiger partial charge < -0.3 is 9.64 Å². The lowest BCUT2D eigenvalue weighted by Crippen LogP contribution is -2.45. The molecule has 120 valence electrons. The van der Waals surface area contributed by atoms with Gasteiger partial charge in [-0.1, -0.05) is 32.6 Å². The van der Waals surface area contributed by atoms with Crippen LogP contribution in [0, 0.1) is 11.8 Å². The van der Waals surface area contributed by atoms with Crippen molar-refractivity contribution in [2.24, 2.45) is 11.8 Å². The van der Waals surface area contributed by atoms with Crippen molar-refractivity contribution in [3.63, 3.8) is 0 Å². The second kappa shape index (κ2) is 6.68. The molecule has 0 spiro atoms. The van der Waals surface area contributed by atoms with Crippen molar-refractivity contribution in [1.82, 2.24) is 4.90 Å². The molecule has 1 heterocycles. The fraction of sp³-hybridized carbons (Fsp3) is 0.944. The van der Waals surface area contributed by atoms with Gasteiger partial charge in [0.25, 0.3) is 0 Å². The Hall–Kier alpha value is -0.570. The first-order valence-corrected chi connectivity index (χ1v) is 9.09. The summed E-state index contributed by atoms with van der Waals surface area (Å²) in [5, 5.41) is 0. The molecule has 3 rings (SSSR count). The van der Waals surface area contributed by atoms with Crippen molar-refractivity contribution in [3.05, 3.63) is 0 Å². The second-order valence-electron chi connectivity index (χ2n) is 7.61. The minimum absolute atomic E-state index is 0.245. The van der Waals surface area contributed by atoms with Crippen LogP contribution in [-0.2, 0) is 9.53 Å². The molecule has 1 saturated heterocycles. The van der Waals surface area contributed by atoms with Crippen LogP contribution in [0.5, 0.6) is 0 Å². The fourth-order valence-corrected chi connectivity index (χ4v) is 4.92. The Morgan fingerprint density at radius 3 is 2.57 bits per heavy atom. The highest BCUT2D eigenvalue weighted by atomic mass is 16.5. The third-order valence-corrected chi connectivity index (χ3v) is 6.09. The number of carbonyl (C=O) groups excluding carboxylic acids is 1. The number of ether oxygens (including phenoxy) is 1. The van der Waals surface area contributed by atoms with Crippen molar-refractivity contribution in [2.45, 2.75) is 89.8 Å². The van der Waals surface area contributed by atoms with Gasteiger partial charge in [-0.15, -0.1) is 0 Å². The highest BCUT2D eigenvalue weighted by Crippen LogP contribution is 2.39. The fourth-order valence-electron chi connectivity index (χ4n) is 4.92. The molecule has 0 N–H and O–H groups in total. The summed E-state index contributed by atoms with van der Waals surface area (Å²) >= 11 is 0. The molecule has 3 heteroatoms. The van der Waals surface area contributed by atoms with E-state index >= 15 is 0 Å². The Labute approximate surface area is 129 Å². The molecule has 0 aromatic heterocycles. The van der Waals surface area contributed by atoms with Crippen LogP contribution in [0.2, 0.25) is 0 Å². The van der Waals surface area contributed by atoms with Gasteiger partial charge in [0.1, 0.15) is 6.61 Å². The number of nitrogens with zero attached hydrogens (tertiary/aromatic N) is 1. The van der Waals surface area contributed by atoms with E-state index in [1.807, 2.05) is 0 Å². The molecule has 3 aliphatic rings. The molecular weight excluding hydrogens is 262 g/mol. The average molecular weight is 293 g/mol. The van der Waals surface area contributed by atoms with Crippen molar-refractivity contribution < 1.29 is 9.53 Å². The van der Waals surface area contributed by atoms with Gasteiger partial charge in [0.15, 0.2) is 0 Å². The Morgan fingerprint density at radius 2 is 1.76 bits per heavy atom. The topological polar surface area (TPSA) is 29.5 Å². The molecule has 3 nitrogen and oxygen atoms in total. The summed E-state index contributed by atoms with van der Waals surface area (Å²) in [6.07, 6.45) is 11.7. The maximum atomic E-state index is 12.7. The van der Waals surface area contributed by atoms with Crippen LogP contribution < -0.4 is 0 Å². The minimum Gasteiger partial charge on any atom is -0.368 e. The normalized spacial score (nSPS) is 40.1. The molecule has 5 unspecified atom stereocenters. The van der Waals surface area contributed by atoms with E-state index < -0.39 is 0 Å². The predicted octanol–water partition coefficient (Wildman–Crippen LogP) is 3.76. The summed E-state index contributed by atoms with van der Waals surface area (Å²) in [5.41, 5.74) is 0. The molecule has 0 bridgehead atoms. The first kappa shape index (κ1) is 15.3. The zero-order chi connectivity index (χ0) is 14.8. The van der Waals surface area contributed by atoms with Crippen molar-refractivity contribution in [3.8, 4) is 0 Å². The van der Waals surface area contributed by atoms with E-state index in [4.69, 9.17) is 4.74 Å². The largest absolute Gasteiger partial charge is 0.368 e. The molecule has 1 amide bonds. The number of rotatable bonds is 3. The number of carbonyl (C=O) groups is 1. The molecule has 5 atom stereocenters. The van der Waals surface area contributed by atoms with Gasteiger partial charge in [-0.2, -0.15) is 0 Å². The van der Waals surface area contributed by atoms with Gasteiger partial charge in [0, 0.05) is 12.1 Å². The van der Waals surface area contributed by atoms with Crippen molar-refractivity contribution in [1.29, 1.82) is 0 Å². The van der Waals surface area contributed by atoms with E-state index in [1.54, 1.807) is 0 Å². The standard InChI is InChI=1S/C18H31NO2/c1-13-7-3-6-10-17(13)21-12-18(20)19-14(2)11-15-8-4-5-9-16(15)19/h13-17H,3-12H2,1-2H3. The van der Waals surface area contributed by atoms with E-state index in [0.717, 1.165) is 12.3 Å². The van der Waals surface area contributed by atoms with Crippen LogP contribution in [0.25, 0.3) is 0 Å². The molecule has 2 saturated carbocycles. The van der Waals surface area contributed by atoms with Gasteiger partial charge in [0.2, 0.25) is 5.91 Å². The highest BCUT2D eigenvalue weighted by Gasteiger charge is 2.42. The number of hydrogen-bond donors (Lipinski definition) is 0. The zero-order valence-electron chi connectivity index (χ0n) is 13.7. The van der Waals surface area contributed by atoms with Crippen LogP contribution >= 0.6 is 0 Å². The monoisotopic (exact) mass is 293 g/mol. The van der Waals surface area contributed by atoms with Crippen LogP contribution in [0.1, 0.15) is 71.6 Å². The first-order valence-electron chi connectivity index (χ1n) is 9.09. The van der Waals surface area contributed by atoms with Gasteiger partial charge >= 0.3 is 0 Å². The molecule has 21 heavy (non-hydrogen) atoms. The lowest BCUT2D eigenvalue weighted by Gasteiger charge is -2.34. The predicted molar refractivity (Wildman–Crippen MR) is 84.0 cm³/mol. The SMILES string of the molecule is CC1CCCCC1OCC(=O)N1C(C)CC2CCCCC21. The van der Waals surface area contributed by atoms with Gasteiger partial charge in [-0.3, -0.25) is 4.79 Å². The van der Waals surface area contributed by atoms with E-state index in [9.17, 15) is 4.79 Å². The molecule has 2 aliphatic carbocycles. The third-order valence-electron chi connectivity index (χ3n) is 6.09. The maximum absolute atomic E-state index is 12.7. The quantitative estimate of drug-likeness (QED) is 0.793. The Morgan fingerprint density at radius 1 is 1.05 bits per heavy atom. The lowest BCUT2D eigenvalue weighted by molar-refractivity contribution is -0.143. The van der Waals surface area contributed by atoms with Crippen LogP contribution in [0.15, 0.2) is 0 Å². The summed E-state index contributed by atoms with van der Waals surface area (Å²) < 4.78 is 6.01. The Bertz CT molecular complexity index is 370. The van der Waals surface area contributed by atoms with Crippen LogP contribution in [0.4, 0.5) is 0 Å². The zero-order valence-corrected chi connectivity index (χ0v) is 13.7. The number of amides is 1. The maximum Gasteiger partial charge on any atom is 0.249 e. The summed E-state index contributed by atoms with van der Waals surface area (Å²) in [6, 6.07) is 0.923. The first-order chi connectivity index (χ1) is 10.2. The van der Waals surface area contributed by atoms with E-state index in [2.05, 4.69) is 18.7 Å². The van der Waals surface area contributed by atoms with Crippen molar-refractivity contribution >= 4 is 5.91 Å². The van der Waals surface area contributed by atoms with E-state index in [-0.39, 0.29) is 5.91 Å². The molecular formula is C18H31NO2. The summed E-state index contributed by atoms with van der Waals surface area (Å²) in [5.74, 6) is 1.62. The van der Waals surface area contributed by atoms with E-state index in [0.29, 0.717) is 30.7 Å². The Kier molecular flexibility index (Phi) is 4.88. The number of fused-ring (bicyclic) bond motifs is 1. The lowest BCUT2D eigenvalue weighted by atomic mass is 9.85. The van der Waals surface area contributed by atoms with Gasteiger partial charge in [-0.05, 0) is 50.9 Å². The third kappa shape index (κ3) is 3.28. The molecule has 0 radical (unpaired) electrons. The Balaban J connectivity index is 1.54. The van der Waals surface area contributed by atoms with Gasteiger partial charge in [0.05, 0.1) is 6.10 Å². The van der Waals surface area contributed by atoms with Crippen LogP contribution in [0.3, 0.4) is 0 Å². The summed E-state index contributed by atoms with van der Waals surface area (Å²) in [6.45, 7) is 4.80. The molecule has 3 fully saturated rings. The second-order valence-corrected chi connectivity index (χ2v) is 7.61. The highest BCUT2D eigenvalue weighted by molar-refractivity contribution is 5.78. The number of hydrogen-bond acceptors (Lipinski definition) is 2. The molecule has 1 aliphatic heterocycles. The summed E-state index contributed by atoms with van der Waals surface area (Å²) in [7, 11) is 0. The molecule has 0 aromatic carbocycles.